The topological polar surface area (TPSA) is 12.5 Å². The highest BCUT2D eigenvalue weighted by Crippen LogP contribution is 2.19. The number of ether oxygens (including phenoxy) is 1. The molecule has 2 rings (SSSR count). The Balaban J connectivity index is 1.68. The lowest BCUT2D eigenvalue weighted by atomic mass is 10.2. The maximum atomic E-state index is 13.5. The van der Waals surface area contributed by atoms with Crippen molar-refractivity contribution in [3.8, 4) is 0 Å². The number of morpholine rings is 1. The summed E-state index contributed by atoms with van der Waals surface area (Å²) in [6.07, 6.45) is 0. The van der Waals surface area contributed by atoms with Crippen LogP contribution in [-0.4, -0.2) is 43.5 Å². The zero-order valence-corrected chi connectivity index (χ0v) is 11.8. The first-order chi connectivity index (χ1) is 8.75. The Kier molecular flexibility index (Phi) is 5.76. The molecule has 1 aromatic rings. The second-order valence-electron chi connectivity index (χ2n) is 4.24. The van der Waals surface area contributed by atoms with Gasteiger partial charge in [-0.05, 0) is 17.7 Å². The van der Waals surface area contributed by atoms with Gasteiger partial charge in [0.25, 0.3) is 0 Å². The summed E-state index contributed by atoms with van der Waals surface area (Å²) in [5, 5.41) is 0.453. The van der Waals surface area contributed by atoms with E-state index in [9.17, 15) is 4.39 Å². The number of hydrogen-bond acceptors (Lipinski definition) is 3. The molecule has 0 radical (unpaired) electrons. The molecule has 1 heterocycles. The second kappa shape index (κ2) is 7.34. The van der Waals surface area contributed by atoms with Gasteiger partial charge in [-0.2, -0.15) is 11.8 Å². The van der Waals surface area contributed by atoms with Crippen molar-refractivity contribution >= 4 is 23.4 Å². The third kappa shape index (κ3) is 4.43. The molecule has 0 aromatic heterocycles. The molecule has 0 bridgehead atoms. The van der Waals surface area contributed by atoms with Crippen LogP contribution in [0.25, 0.3) is 0 Å². The molecule has 0 saturated carbocycles. The van der Waals surface area contributed by atoms with Gasteiger partial charge in [0.1, 0.15) is 5.82 Å². The molecule has 1 saturated heterocycles. The van der Waals surface area contributed by atoms with E-state index in [2.05, 4.69) is 4.90 Å². The van der Waals surface area contributed by atoms with E-state index in [1.807, 2.05) is 0 Å². The molecule has 0 spiro atoms. The molecule has 1 fully saturated rings. The average molecular weight is 290 g/mol. The summed E-state index contributed by atoms with van der Waals surface area (Å²) in [7, 11) is 0. The van der Waals surface area contributed by atoms with Gasteiger partial charge in [0.2, 0.25) is 0 Å². The highest BCUT2D eigenvalue weighted by atomic mass is 35.5. The van der Waals surface area contributed by atoms with Crippen LogP contribution in [-0.2, 0) is 10.5 Å². The van der Waals surface area contributed by atoms with Crippen LogP contribution in [0.3, 0.4) is 0 Å². The maximum absolute atomic E-state index is 13.5. The number of thioether (sulfide) groups is 1. The minimum absolute atomic E-state index is 0.207. The molecular formula is C13H17ClFNOS. The summed E-state index contributed by atoms with van der Waals surface area (Å²) in [5.41, 5.74) is 0.728. The first-order valence-electron chi connectivity index (χ1n) is 6.07. The molecule has 0 amide bonds. The first-order valence-corrected chi connectivity index (χ1v) is 7.61. The minimum atomic E-state index is -0.207. The first kappa shape index (κ1) is 14.1. The van der Waals surface area contributed by atoms with E-state index in [4.69, 9.17) is 16.3 Å². The minimum Gasteiger partial charge on any atom is -0.379 e. The van der Waals surface area contributed by atoms with E-state index in [1.165, 1.54) is 6.07 Å². The highest BCUT2D eigenvalue weighted by Gasteiger charge is 2.09. The zero-order chi connectivity index (χ0) is 12.8. The van der Waals surface area contributed by atoms with E-state index in [1.54, 1.807) is 23.9 Å². The van der Waals surface area contributed by atoms with Crippen molar-refractivity contribution in [3.05, 3.63) is 34.6 Å². The standard InChI is InChI=1S/C13H17ClFNOS/c14-12-2-1-11(13(15)9-12)10-18-8-5-16-3-6-17-7-4-16/h1-2,9H,3-8,10H2. The zero-order valence-electron chi connectivity index (χ0n) is 10.2. The van der Waals surface area contributed by atoms with E-state index < -0.39 is 0 Å². The summed E-state index contributed by atoms with van der Waals surface area (Å²) < 4.78 is 18.8. The summed E-state index contributed by atoms with van der Waals surface area (Å²) in [6, 6.07) is 4.88. The number of halogens is 2. The molecule has 1 aromatic carbocycles. The van der Waals surface area contributed by atoms with Gasteiger partial charge in [0.15, 0.2) is 0 Å². The molecule has 100 valence electrons. The van der Waals surface area contributed by atoms with E-state index in [-0.39, 0.29) is 5.82 Å². The third-order valence-corrected chi connectivity index (χ3v) is 4.15. The van der Waals surface area contributed by atoms with Crippen LogP contribution in [0.2, 0.25) is 5.02 Å². The van der Waals surface area contributed by atoms with Crippen molar-refractivity contribution in [2.24, 2.45) is 0 Å². The number of nitrogens with zero attached hydrogens (tertiary/aromatic N) is 1. The maximum Gasteiger partial charge on any atom is 0.128 e. The Hall–Kier alpha value is -0.290. The molecule has 0 aliphatic carbocycles. The average Bonchev–Trinajstić information content (AvgIpc) is 2.38. The lowest BCUT2D eigenvalue weighted by molar-refractivity contribution is 0.0410. The van der Waals surface area contributed by atoms with Crippen LogP contribution >= 0.6 is 23.4 Å². The number of benzene rings is 1. The van der Waals surface area contributed by atoms with Crippen LogP contribution in [0.1, 0.15) is 5.56 Å². The Bertz CT molecular complexity index is 385. The van der Waals surface area contributed by atoms with E-state index in [0.717, 1.165) is 44.2 Å². The van der Waals surface area contributed by atoms with Gasteiger partial charge in [-0.25, -0.2) is 4.39 Å². The summed E-state index contributed by atoms with van der Waals surface area (Å²) in [6.45, 7) is 4.72. The van der Waals surface area contributed by atoms with Crippen molar-refractivity contribution in [3.63, 3.8) is 0 Å². The molecule has 0 unspecified atom stereocenters. The van der Waals surface area contributed by atoms with Crippen molar-refractivity contribution in [2.75, 3.05) is 38.6 Å². The Labute approximate surface area is 116 Å². The summed E-state index contributed by atoms with van der Waals surface area (Å²) >= 11 is 7.47. The summed E-state index contributed by atoms with van der Waals surface area (Å²) in [5.74, 6) is 1.51. The second-order valence-corrected chi connectivity index (χ2v) is 5.78. The molecule has 0 atom stereocenters. The van der Waals surface area contributed by atoms with Crippen LogP contribution in [0, 0.1) is 5.82 Å². The largest absolute Gasteiger partial charge is 0.379 e. The molecule has 0 N–H and O–H groups in total. The van der Waals surface area contributed by atoms with E-state index >= 15 is 0 Å². The smallest absolute Gasteiger partial charge is 0.128 e. The predicted octanol–water partition coefficient (Wildman–Crippen LogP) is 3.04. The molecule has 18 heavy (non-hydrogen) atoms. The fourth-order valence-electron chi connectivity index (χ4n) is 1.84. The highest BCUT2D eigenvalue weighted by molar-refractivity contribution is 7.98. The monoisotopic (exact) mass is 289 g/mol. The van der Waals surface area contributed by atoms with E-state index in [0.29, 0.717) is 10.8 Å². The van der Waals surface area contributed by atoms with Crippen LogP contribution in [0.15, 0.2) is 18.2 Å². The van der Waals surface area contributed by atoms with Crippen molar-refractivity contribution < 1.29 is 9.13 Å². The fraction of sp³-hybridized carbons (Fsp3) is 0.538. The third-order valence-electron chi connectivity index (χ3n) is 2.93. The van der Waals surface area contributed by atoms with Gasteiger partial charge in [0.05, 0.1) is 13.2 Å². The Morgan fingerprint density at radius 1 is 1.33 bits per heavy atom. The van der Waals surface area contributed by atoms with Gasteiger partial charge in [-0.1, -0.05) is 17.7 Å². The molecule has 2 nitrogen and oxygen atoms in total. The lowest BCUT2D eigenvalue weighted by Gasteiger charge is -2.26. The molecule has 1 aliphatic heterocycles. The van der Waals surface area contributed by atoms with Gasteiger partial charge in [0, 0.05) is 36.2 Å². The van der Waals surface area contributed by atoms with Crippen LogP contribution in [0.4, 0.5) is 4.39 Å². The number of hydrogen-bond donors (Lipinski definition) is 0. The van der Waals surface area contributed by atoms with Gasteiger partial charge >= 0.3 is 0 Å². The van der Waals surface area contributed by atoms with Crippen molar-refractivity contribution in [2.45, 2.75) is 5.75 Å². The van der Waals surface area contributed by atoms with Crippen LogP contribution < -0.4 is 0 Å². The Morgan fingerprint density at radius 2 is 2.11 bits per heavy atom. The SMILES string of the molecule is Fc1cc(Cl)ccc1CSCCN1CCOCC1. The van der Waals surface area contributed by atoms with Gasteiger partial charge in [-0.3, -0.25) is 4.90 Å². The van der Waals surface area contributed by atoms with Crippen molar-refractivity contribution in [1.82, 2.24) is 4.90 Å². The quantitative estimate of drug-likeness (QED) is 0.773. The van der Waals surface area contributed by atoms with Gasteiger partial charge in [-0.15, -0.1) is 0 Å². The predicted molar refractivity (Wildman–Crippen MR) is 74.8 cm³/mol. The normalized spacial score (nSPS) is 17.0. The molecular weight excluding hydrogens is 273 g/mol. The summed E-state index contributed by atoms with van der Waals surface area (Å²) in [4.78, 5) is 2.38. The van der Waals surface area contributed by atoms with Crippen LogP contribution in [0.5, 0.6) is 0 Å². The number of rotatable bonds is 5. The molecule has 1 aliphatic rings. The fourth-order valence-corrected chi connectivity index (χ4v) is 2.98. The van der Waals surface area contributed by atoms with Gasteiger partial charge < -0.3 is 4.74 Å². The lowest BCUT2D eigenvalue weighted by Crippen LogP contribution is -2.37. The molecule has 5 heteroatoms. The van der Waals surface area contributed by atoms with Crippen molar-refractivity contribution in [1.29, 1.82) is 0 Å². The Morgan fingerprint density at radius 3 is 2.83 bits per heavy atom.